The topological polar surface area (TPSA) is 140 Å². The molecule has 0 unspecified atom stereocenters. The number of aromatic nitrogens is 1. The first-order chi connectivity index (χ1) is 20.7. The fraction of sp³-hybridized carbons (Fsp3) is 0.281. The number of anilines is 1. The molecule has 2 saturated heterocycles. The van der Waals surface area contributed by atoms with Gasteiger partial charge in [0.15, 0.2) is 0 Å². The van der Waals surface area contributed by atoms with Crippen molar-refractivity contribution in [2.45, 2.75) is 38.6 Å². The lowest BCUT2D eigenvalue weighted by atomic mass is 9.58. The molecule has 2 aromatic carbocycles. The Bertz CT molecular complexity index is 1590. The normalized spacial score (nSPS) is 23.9. The first-order valence-electron chi connectivity index (χ1n) is 14.5. The van der Waals surface area contributed by atoms with Crippen molar-refractivity contribution in [1.29, 1.82) is 0 Å². The van der Waals surface area contributed by atoms with Crippen LogP contribution in [0, 0.1) is 17.8 Å². The summed E-state index contributed by atoms with van der Waals surface area (Å²) in [5.74, 6) is -2.04. The summed E-state index contributed by atoms with van der Waals surface area (Å²) in [6.07, 6.45) is 5.02. The molecule has 2 aliphatic heterocycles. The van der Waals surface area contributed by atoms with E-state index in [2.05, 4.69) is 4.98 Å². The van der Waals surface area contributed by atoms with Crippen LogP contribution in [0.2, 0.25) is 6.32 Å². The van der Waals surface area contributed by atoms with Crippen LogP contribution in [0.15, 0.2) is 84.1 Å². The molecule has 4 N–H and O–H groups in total. The van der Waals surface area contributed by atoms with Gasteiger partial charge >= 0.3 is 14.2 Å². The van der Waals surface area contributed by atoms with E-state index in [1.165, 1.54) is 12.1 Å². The van der Waals surface area contributed by atoms with Gasteiger partial charge in [0, 0.05) is 6.20 Å². The monoisotopic (exact) mass is 578 g/mol. The van der Waals surface area contributed by atoms with Crippen LogP contribution in [0.4, 0.5) is 5.69 Å². The molecule has 0 spiro atoms. The Balaban J connectivity index is 1.28. The van der Waals surface area contributed by atoms with Crippen molar-refractivity contribution < 1.29 is 34.4 Å². The highest BCUT2D eigenvalue weighted by molar-refractivity contribution is 6.58. The summed E-state index contributed by atoms with van der Waals surface area (Å²) >= 11 is 0. The van der Waals surface area contributed by atoms with Gasteiger partial charge in [-0.25, -0.2) is 0 Å². The summed E-state index contributed by atoms with van der Waals surface area (Å²) in [5, 5.41) is 39.8. The van der Waals surface area contributed by atoms with Crippen molar-refractivity contribution in [1.82, 2.24) is 4.98 Å². The summed E-state index contributed by atoms with van der Waals surface area (Å²) in [6, 6.07) is 18.8. The molecule has 0 saturated carbocycles. The van der Waals surface area contributed by atoms with Gasteiger partial charge in [-0.1, -0.05) is 35.9 Å². The standard InChI is InChI=1S/C32H32B2N2O7/c1-19-15-25-30(32(39)36(31(25)38)23-6-4-5-22(17-23)34(41)42)26-18-33(40)43-28(29(19)26)13-10-21(27-7-2-3-14-35-27)16-20-8-11-24(37)12-9-20/h2-9,11-12,14,16-17,25-26,28,30,37,40-42H,10,13,15,18H2,1H3/b21-16-/t25-,26+,28-,30-/m1/s1. The number of benzene rings is 2. The van der Waals surface area contributed by atoms with Crippen molar-refractivity contribution >= 4 is 48.9 Å². The Kier molecular flexibility index (Phi) is 8.07. The molecule has 218 valence electrons. The predicted molar refractivity (Wildman–Crippen MR) is 164 cm³/mol. The van der Waals surface area contributed by atoms with Gasteiger partial charge in [0.2, 0.25) is 11.8 Å². The number of allylic oxidation sites excluding steroid dienone is 2. The number of carbonyl (C=O) groups excluding carboxylic acids is 2. The highest BCUT2D eigenvalue weighted by Crippen LogP contribution is 2.51. The quantitative estimate of drug-likeness (QED) is 0.191. The van der Waals surface area contributed by atoms with Crippen LogP contribution in [0.1, 0.15) is 37.4 Å². The fourth-order valence-corrected chi connectivity index (χ4v) is 6.88. The van der Waals surface area contributed by atoms with Crippen molar-refractivity contribution in [2.24, 2.45) is 17.8 Å². The number of phenolic OH excluding ortho intramolecular Hbond substituents is 1. The van der Waals surface area contributed by atoms with Crippen LogP contribution in [0.3, 0.4) is 0 Å². The second-order valence-corrected chi connectivity index (χ2v) is 11.5. The van der Waals surface area contributed by atoms with Crippen molar-refractivity contribution in [3.8, 4) is 5.75 Å². The second-order valence-electron chi connectivity index (χ2n) is 11.5. The summed E-state index contributed by atoms with van der Waals surface area (Å²) in [7, 11) is -2.81. The smallest absolute Gasteiger partial charge is 0.488 e. The van der Waals surface area contributed by atoms with E-state index >= 15 is 0 Å². The van der Waals surface area contributed by atoms with Crippen LogP contribution in [-0.2, 0) is 14.2 Å². The maximum absolute atomic E-state index is 13.9. The lowest BCUT2D eigenvalue weighted by Gasteiger charge is -2.42. The number of phenols is 1. The molecule has 3 heterocycles. The average Bonchev–Trinajstić information content (AvgIpc) is 3.25. The molecule has 11 heteroatoms. The highest BCUT2D eigenvalue weighted by Gasteiger charge is 2.57. The molecule has 6 rings (SSSR count). The van der Waals surface area contributed by atoms with Crippen molar-refractivity contribution in [3.05, 3.63) is 95.3 Å². The third-order valence-corrected chi connectivity index (χ3v) is 8.78. The zero-order chi connectivity index (χ0) is 30.2. The number of fused-ring (bicyclic) bond motifs is 3. The molecule has 4 atom stereocenters. The minimum atomic E-state index is -1.73. The van der Waals surface area contributed by atoms with Crippen molar-refractivity contribution in [2.75, 3.05) is 4.90 Å². The van der Waals surface area contributed by atoms with Gasteiger partial charge < -0.3 is 24.8 Å². The number of rotatable bonds is 7. The number of aromatic hydroxyl groups is 1. The number of amides is 2. The lowest BCUT2D eigenvalue weighted by molar-refractivity contribution is -0.122. The van der Waals surface area contributed by atoms with Crippen molar-refractivity contribution in [3.63, 3.8) is 0 Å². The third kappa shape index (κ3) is 5.69. The molecule has 2 amide bonds. The first kappa shape index (κ1) is 29.1. The van der Waals surface area contributed by atoms with E-state index in [-0.39, 0.29) is 35.3 Å². The van der Waals surface area contributed by atoms with Gasteiger partial charge in [0.1, 0.15) is 5.75 Å². The fourth-order valence-electron chi connectivity index (χ4n) is 6.88. The Labute approximate surface area is 250 Å². The largest absolute Gasteiger partial charge is 0.508 e. The maximum Gasteiger partial charge on any atom is 0.488 e. The molecule has 1 aliphatic carbocycles. The molecule has 9 nitrogen and oxygen atoms in total. The van der Waals surface area contributed by atoms with E-state index in [0.717, 1.165) is 32.9 Å². The van der Waals surface area contributed by atoms with E-state index in [0.29, 0.717) is 24.9 Å². The number of imide groups is 1. The van der Waals surface area contributed by atoms with Gasteiger partial charge in [0.25, 0.3) is 0 Å². The van der Waals surface area contributed by atoms with Crippen LogP contribution in [0.25, 0.3) is 11.6 Å². The Morgan fingerprint density at radius 2 is 1.86 bits per heavy atom. The molecule has 3 aromatic rings. The summed E-state index contributed by atoms with van der Waals surface area (Å²) < 4.78 is 6.09. The first-order valence-corrected chi connectivity index (χ1v) is 14.5. The zero-order valence-electron chi connectivity index (χ0n) is 23.7. The number of pyridine rings is 1. The van der Waals surface area contributed by atoms with E-state index < -0.39 is 32.2 Å². The SMILES string of the molecule is CC1=C2[C@@H](CC/C(=C/c3ccc(O)cc3)c3ccccn3)OB(O)C[C@@H]2[C@@H]2C(=O)N(c3cccc(B(O)O)c3)C(=O)[C@@H]2C1. The van der Waals surface area contributed by atoms with Gasteiger partial charge in [-0.2, -0.15) is 0 Å². The van der Waals surface area contributed by atoms with E-state index in [4.69, 9.17) is 4.65 Å². The number of nitrogens with zero attached hydrogens (tertiary/aromatic N) is 2. The molecule has 3 aliphatic rings. The third-order valence-electron chi connectivity index (χ3n) is 8.78. The lowest BCUT2D eigenvalue weighted by Crippen LogP contribution is -2.46. The van der Waals surface area contributed by atoms with Gasteiger partial charge in [0.05, 0.1) is 29.3 Å². The number of hydrogen-bond donors (Lipinski definition) is 4. The highest BCUT2D eigenvalue weighted by atomic mass is 16.5. The molecule has 0 bridgehead atoms. The minimum absolute atomic E-state index is 0.183. The van der Waals surface area contributed by atoms with Gasteiger partial charge in [-0.3, -0.25) is 19.5 Å². The Morgan fingerprint density at radius 1 is 1.07 bits per heavy atom. The van der Waals surface area contributed by atoms with Crippen LogP contribution in [-0.4, -0.2) is 57.3 Å². The van der Waals surface area contributed by atoms with E-state index in [1.807, 2.05) is 43.3 Å². The molecule has 0 radical (unpaired) electrons. The number of carbonyl (C=O) groups is 2. The predicted octanol–water partition coefficient (Wildman–Crippen LogP) is 2.81. The van der Waals surface area contributed by atoms with E-state index in [1.54, 1.807) is 30.5 Å². The molecule has 1 aromatic heterocycles. The molecular weight excluding hydrogens is 546 g/mol. The zero-order valence-corrected chi connectivity index (χ0v) is 23.7. The number of hydrogen-bond acceptors (Lipinski definition) is 8. The Hall–Kier alpha value is -4.02. The second kappa shape index (κ2) is 11.9. The van der Waals surface area contributed by atoms with Crippen LogP contribution < -0.4 is 10.4 Å². The van der Waals surface area contributed by atoms with Gasteiger partial charge in [-0.05, 0) is 103 Å². The average molecular weight is 578 g/mol. The molecule has 2 fully saturated rings. The Morgan fingerprint density at radius 3 is 2.58 bits per heavy atom. The molecular formula is C32H32B2N2O7. The maximum atomic E-state index is 13.9. The summed E-state index contributed by atoms with van der Waals surface area (Å²) in [4.78, 5) is 33.2. The van der Waals surface area contributed by atoms with Crippen LogP contribution in [0.5, 0.6) is 5.75 Å². The summed E-state index contributed by atoms with van der Waals surface area (Å²) in [5.41, 5.74) is 5.13. The minimum Gasteiger partial charge on any atom is -0.508 e. The summed E-state index contributed by atoms with van der Waals surface area (Å²) in [6.45, 7) is 1.97. The van der Waals surface area contributed by atoms with E-state index in [9.17, 15) is 29.8 Å². The molecule has 43 heavy (non-hydrogen) atoms. The van der Waals surface area contributed by atoms with Crippen LogP contribution >= 0.6 is 0 Å². The van der Waals surface area contributed by atoms with Gasteiger partial charge in [-0.15, -0.1) is 0 Å².